The fraction of sp³-hybridized carbons (Fsp3) is 0.263. The maximum absolute atomic E-state index is 6.34. The second kappa shape index (κ2) is 8.74. The molecule has 2 aromatic heterocycles. The topological polar surface area (TPSA) is 117 Å². The summed E-state index contributed by atoms with van der Waals surface area (Å²) < 4.78 is 16.8. The van der Waals surface area contributed by atoms with Gasteiger partial charge in [-0.15, -0.1) is 11.3 Å². The van der Waals surface area contributed by atoms with Gasteiger partial charge in [0.2, 0.25) is 5.75 Å². The van der Waals surface area contributed by atoms with Gasteiger partial charge in [0.05, 0.1) is 38.0 Å². The van der Waals surface area contributed by atoms with Gasteiger partial charge in [0.1, 0.15) is 17.2 Å². The lowest BCUT2D eigenvalue weighted by Crippen LogP contribution is -2.14. The van der Waals surface area contributed by atoms with Gasteiger partial charge in [0.25, 0.3) is 0 Å². The Morgan fingerprint density at radius 1 is 1.10 bits per heavy atom. The normalized spacial score (nSPS) is 15.4. The third kappa shape index (κ3) is 4.06. The fourth-order valence-corrected chi connectivity index (χ4v) is 4.78. The van der Waals surface area contributed by atoms with Gasteiger partial charge < -0.3 is 25.3 Å². The number of nitrogens with two attached hydrogens (primary N) is 1. The van der Waals surface area contributed by atoms with Crippen LogP contribution >= 0.6 is 34.5 Å². The molecule has 0 spiro atoms. The number of fused-ring (bicyclic) bond motifs is 1. The molecule has 1 unspecified atom stereocenters. The van der Waals surface area contributed by atoms with Crippen molar-refractivity contribution in [3.63, 3.8) is 0 Å². The number of aliphatic imine (C=N–C) groups is 1. The van der Waals surface area contributed by atoms with Gasteiger partial charge in [-0.3, -0.25) is 0 Å². The molecule has 3 N–H and O–H groups in total. The van der Waals surface area contributed by atoms with E-state index in [0.29, 0.717) is 50.5 Å². The summed E-state index contributed by atoms with van der Waals surface area (Å²) in [5, 5.41) is 3.67. The zero-order valence-corrected chi connectivity index (χ0v) is 19.1. The Morgan fingerprint density at radius 3 is 2.39 bits per heavy atom. The maximum Gasteiger partial charge on any atom is 0.203 e. The molecule has 1 aliphatic heterocycles. The highest BCUT2D eigenvalue weighted by Crippen LogP contribution is 2.43. The van der Waals surface area contributed by atoms with Crippen molar-refractivity contribution in [1.82, 2.24) is 15.0 Å². The largest absolute Gasteiger partial charge is 0.493 e. The summed E-state index contributed by atoms with van der Waals surface area (Å²) in [5.74, 6) is 2.23. The second-order valence-corrected chi connectivity index (χ2v) is 8.42. The first-order valence-electron chi connectivity index (χ1n) is 9.01. The van der Waals surface area contributed by atoms with E-state index in [1.807, 2.05) is 12.1 Å². The van der Waals surface area contributed by atoms with Crippen LogP contribution in [0.25, 0.3) is 0 Å². The van der Waals surface area contributed by atoms with Gasteiger partial charge >= 0.3 is 0 Å². The quantitative estimate of drug-likeness (QED) is 0.546. The Bertz CT molecular complexity index is 1140. The number of ether oxygens (including phenoxy) is 3. The zero-order chi connectivity index (χ0) is 22.1. The predicted octanol–water partition coefficient (Wildman–Crippen LogP) is 4.53. The first-order valence-corrected chi connectivity index (χ1v) is 10.6. The van der Waals surface area contributed by atoms with E-state index in [1.165, 1.54) is 17.7 Å². The molecule has 31 heavy (non-hydrogen) atoms. The van der Waals surface area contributed by atoms with Crippen LogP contribution in [0, 0.1) is 0 Å². The van der Waals surface area contributed by atoms with Crippen molar-refractivity contribution >= 4 is 57.6 Å². The number of methoxy groups -OCH3 is 3. The smallest absolute Gasteiger partial charge is 0.203 e. The maximum atomic E-state index is 6.34. The molecule has 1 aromatic carbocycles. The third-order valence-corrected chi connectivity index (χ3v) is 6.38. The number of nitrogens with one attached hydrogen (secondary N) is 1. The van der Waals surface area contributed by atoms with E-state index in [-0.39, 0.29) is 11.9 Å². The van der Waals surface area contributed by atoms with Gasteiger partial charge in [-0.25, -0.2) is 19.9 Å². The van der Waals surface area contributed by atoms with Crippen LogP contribution in [0.5, 0.6) is 17.2 Å². The van der Waals surface area contributed by atoms with Crippen molar-refractivity contribution in [3.8, 4) is 17.2 Å². The molecular weight excluding hydrogens is 463 g/mol. The van der Waals surface area contributed by atoms with E-state index >= 15 is 0 Å². The van der Waals surface area contributed by atoms with E-state index in [9.17, 15) is 0 Å². The molecule has 162 valence electrons. The number of anilines is 2. The lowest BCUT2D eigenvalue weighted by Gasteiger charge is -2.18. The molecule has 0 fully saturated rings. The van der Waals surface area contributed by atoms with Gasteiger partial charge in [-0.2, -0.15) is 0 Å². The summed E-state index contributed by atoms with van der Waals surface area (Å²) in [6.45, 7) is 0. The summed E-state index contributed by atoms with van der Waals surface area (Å²) in [6.07, 6.45) is 1.81. The molecule has 12 heteroatoms. The van der Waals surface area contributed by atoms with Gasteiger partial charge in [0, 0.05) is 12.0 Å². The number of rotatable bonds is 5. The molecule has 0 radical (unpaired) electrons. The number of benzene rings is 1. The Morgan fingerprint density at radius 2 is 1.81 bits per heavy atom. The minimum absolute atomic E-state index is 0.247. The number of hydrogen-bond donors (Lipinski definition) is 2. The van der Waals surface area contributed by atoms with Crippen molar-refractivity contribution in [1.29, 1.82) is 0 Å². The molecule has 0 bridgehead atoms. The highest BCUT2D eigenvalue weighted by molar-refractivity contribution is 7.16. The number of nitrogen functional groups attached to an aromatic ring is 1. The molecule has 3 aromatic rings. The minimum Gasteiger partial charge on any atom is -0.493 e. The number of aromatic nitrogens is 3. The lowest BCUT2D eigenvalue weighted by atomic mass is 10.0. The Kier molecular flexibility index (Phi) is 6.03. The molecule has 0 amide bonds. The van der Waals surface area contributed by atoms with Crippen molar-refractivity contribution in [3.05, 3.63) is 38.5 Å². The number of nitrogens with zero attached hydrogens (tertiary/aromatic N) is 4. The standard InChI is InChI=1S/C19H18Cl2N6O3S/c1-28-11-4-8(5-12(29-2)14(11)30-3)9-6-10(15-16(20)27-19(21)31-15)26-18-13(25-9)17(22)23-7-24-18/h4-5,7,10H,6H2,1-3H3,(H3,22,23,24,26). The summed E-state index contributed by atoms with van der Waals surface area (Å²) in [4.78, 5) is 18.0. The molecule has 0 saturated heterocycles. The SMILES string of the molecule is COc1cc(C2=Nc3c(N)ncnc3NC(c3sc(Cl)nc3Cl)C2)cc(OC)c1OC. The molecule has 9 nitrogen and oxygen atoms in total. The minimum atomic E-state index is -0.300. The van der Waals surface area contributed by atoms with Crippen LogP contribution < -0.4 is 25.3 Å². The average Bonchev–Trinajstić information content (AvgIpc) is 2.98. The van der Waals surface area contributed by atoms with Crippen LogP contribution in [0.4, 0.5) is 17.3 Å². The number of hydrogen-bond acceptors (Lipinski definition) is 10. The third-order valence-electron chi connectivity index (χ3n) is 4.70. The molecular formula is C19H18Cl2N6O3S. The predicted molar refractivity (Wildman–Crippen MR) is 122 cm³/mol. The van der Waals surface area contributed by atoms with Crippen molar-refractivity contribution in [2.45, 2.75) is 12.5 Å². The summed E-state index contributed by atoms with van der Waals surface area (Å²) >= 11 is 13.7. The Hall–Kier alpha value is -2.82. The van der Waals surface area contributed by atoms with Crippen LogP contribution in [0.2, 0.25) is 9.62 Å². The summed E-state index contributed by atoms with van der Waals surface area (Å²) in [7, 11) is 4.66. The van der Waals surface area contributed by atoms with E-state index in [4.69, 9.17) is 48.1 Å². The first kappa shape index (κ1) is 21.4. The van der Waals surface area contributed by atoms with Crippen LogP contribution in [0.3, 0.4) is 0 Å². The van der Waals surface area contributed by atoms with E-state index in [1.54, 1.807) is 21.3 Å². The highest BCUT2D eigenvalue weighted by atomic mass is 35.5. The van der Waals surface area contributed by atoms with Crippen LogP contribution in [0.15, 0.2) is 23.5 Å². The Labute approximate surface area is 192 Å². The van der Waals surface area contributed by atoms with E-state index in [2.05, 4.69) is 20.3 Å². The van der Waals surface area contributed by atoms with Crippen molar-refractivity contribution in [2.75, 3.05) is 32.4 Å². The highest BCUT2D eigenvalue weighted by Gasteiger charge is 2.28. The first-order chi connectivity index (χ1) is 14.9. The van der Waals surface area contributed by atoms with Gasteiger partial charge in [-0.05, 0) is 12.1 Å². The lowest BCUT2D eigenvalue weighted by molar-refractivity contribution is 0.324. The van der Waals surface area contributed by atoms with Crippen LogP contribution in [-0.4, -0.2) is 42.0 Å². The average molecular weight is 481 g/mol. The zero-order valence-electron chi connectivity index (χ0n) is 16.8. The van der Waals surface area contributed by atoms with Gasteiger partial charge in [0.15, 0.2) is 27.6 Å². The fourth-order valence-electron chi connectivity index (χ4n) is 3.29. The monoisotopic (exact) mass is 480 g/mol. The van der Waals surface area contributed by atoms with Crippen LogP contribution in [0.1, 0.15) is 22.9 Å². The summed E-state index contributed by atoms with van der Waals surface area (Å²) in [5.41, 5.74) is 7.98. The Balaban J connectivity index is 1.89. The molecule has 0 aliphatic carbocycles. The second-order valence-electron chi connectivity index (χ2n) is 6.45. The van der Waals surface area contributed by atoms with E-state index in [0.717, 1.165) is 10.4 Å². The van der Waals surface area contributed by atoms with Gasteiger partial charge in [-0.1, -0.05) is 23.2 Å². The molecule has 1 atom stereocenters. The molecule has 0 saturated carbocycles. The van der Waals surface area contributed by atoms with E-state index < -0.39 is 0 Å². The molecule has 1 aliphatic rings. The van der Waals surface area contributed by atoms with Crippen molar-refractivity contribution in [2.24, 2.45) is 4.99 Å². The number of thiazole rings is 1. The molecule has 4 rings (SSSR count). The van der Waals surface area contributed by atoms with Crippen LogP contribution in [-0.2, 0) is 0 Å². The van der Waals surface area contributed by atoms with Crippen molar-refractivity contribution < 1.29 is 14.2 Å². The number of halogens is 2. The molecule has 3 heterocycles. The summed E-state index contributed by atoms with van der Waals surface area (Å²) in [6, 6.07) is 3.35.